The van der Waals surface area contributed by atoms with Crippen molar-refractivity contribution >= 4 is 32.8 Å². The number of ether oxygens (including phenoxy) is 2. The number of aliphatic hydroxyl groups excluding tert-OH is 1. The molecule has 0 saturated heterocycles. The van der Waals surface area contributed by atoms with Crippen molar-refractivity contribution in [2.24, 2.45) is 0 Å². The fourth-order valence-corrected chi connectivity index (χ4v) is 4.07. The molecule has 0 bridgehead atoms. The maximum Gasteiger partial charge on any atom is 0.290 e. The van der Waals surface area contributed by atoms with Gasteiger partial charge in [-0.2, -0.15) is 0 Å². The van der Waals surface area contributed by atoms with Crippen LogP contribution in [0.2, 0.25) is 0 Å². The molecule has 150 valence electrons. The van der Waals surface area contributed by atoms with E-state index in [1.807, 2.05) is 0 Å². The van der Waals surface area contributed by atoms with Crippen LogP contribution in [-0.4, -0.2) is 43.3 Å². The van der Waals surface area contributed by atoms with Gasteiger partial charge in [-0.15, -0.1) is 0 Å². The molecule has 8 heteroatoms. The van der Waals surface area contributed by atoms with Gasteiger partial charge in [0.2, 0.25) is 5.76 Å². The summed E-state index contributed by atoms with van der Waals surface area (Å²) in [6.45, 7) is -0.227. The quantitative estimate of drug-likeness (QED) is 0.630. The van der Waals surface area contributed by atoms with Crippen LogP contribution < -0.4 is 14.9 Å². The van der Waals surface area contributed by atoms with Crippen LogP contribution in [0.5, 0.6) is 11.5 Å². The van der Waals surface area contributed by atoms with Crippen LogP contribution in [0.3, 0.4) is 0 Å². The highest BCUT2D eigenvalue weighted by atomic mass is 79.9. The first kappa shape index (κ1) is 19.5. The topological polar surface area (TPSA) is 89.2 Å². The Hall–Kier alpha value is -2.84. The zero-order valence-electron chi connectivity index (χ0n) is 15.8. The first-order valence-electron chi connectivity index (χ1n) is 8.90. The van der Waals surface area contributed by atoms with Gasteiger partial charge in [-0.25, -0.2) is 0 Å². The summed E-state index contributed by atoms with van der Waals surface area (Å²) in [6.07, 6.45) is 0. The van der Waals surface area contributed by atoms with Crippen molar-refractivity contribution in [1.29, 1.82) is 0 Å². The molecule has 0 saturated carbocycles. The Morgan fingerprint density at radius 1 is 1.14 bits per heavy atom. The Morgan fingerprint density at radius 3 is 2.62 bits per heavy atom. The van der Waals surface area contributed by atoms with E-state index in [-0.39, 0.29) is 29.9 Å². The van der Waals surface area contributed by atoms with Crippen molar-refractivity contribution in [3.8, 4) is 11.5 Å². The molecule has 1 amide bonds. The van der Waals surface area contributed by atoms with Gasteiger partial charge in [0.05, 0.1) is 37.8 Å². The van der Waals surface area contributed by atoms with Crippen LogP contribution in [0.25, 0.3) is 11.0 Å². The van der Waals surface area contributed by atoms with Gasteiger partial charge >= 0.3 is 0 Å². The number of nitrogens with zero attached hydrogens (tertiary/aromatic N) is 1. The molecule has 1 aliphatic heterocycles. The summed E-state index contributed by atoms with van der Waals surface area (Å²) in [4.78, 5) is 27.9. The van der Waals surface area contributed by atoms with Gasteiger partial charge in [0.15, 0.2) is 5.43 Å². The van der Waals surface area contributed by atoms with E-state index in [4.69, 9.17) is 13.9 Å². The summed E-state index contributed by atoms with van der Waals surface area (Å²) in [6, 6.07) is 9.45. The summed E-state index contributed by atoms with van der Waals surface area (Å²) in [5.41, 5.74) is 0.827. The van der Waals surface area contributed by atoms with Crippen LogP contribution in [0.1, 0.15) is 27.7 Å². The minimum Gasteiger partial charge on any atom is -0.497 e. The lowest BCUT2D eigenvalue weighted by Crippen LogP contribution is -2.32. The number of β-amino-alcohol motifs (C(OH)–C–C–N with tert-alkyl or cyclic N) is 1. The normalized spacial score (nSPS) is 15.7. The van der Waals surface area contributed by atoms with Crippen molar-refractivity contribution in [2.45, 2.75) is 6.04 Å². The molecule has 4 rings (SSSR count). The molecule has 0 aliphatic carbocycles. The number of fused-ring (bicyclic) bond motifs is 2. The highest BCUT2D eigenvalue weighted by Gasteiger charge is 2.43. The Labute approximate surface area is 174 Å². The second-order valence-electron chi connectivity index (χ2n) is 6.55. The Morgan fingerprint density at radius 2 is 1.93 bits per heavy atom. The molecule has 29 heavy (non-hydrogen) atoms. The first-order valence-corrected chi connectivity index (χ1v) is 9.69. The molecule has 2 heterocycles. The highest BCUT2D eigenvalue weighted by Crippen LogP contribution is 2.42. The highest BCUT2D eigenvalue weighted by molar-refractivity contribution is 9.10. The molecule has 3 aromatic rings. The second kappa shape index (κ2) is 7.53. The standard InChI is InChI=1S/C21H18BrNO6/c1-27-12-4-6-15(28-2)13(10-12)18-17-19(25)14-9-11(22)3-5-16(14)29-20(17)21(26)23(18)7-8-24/h3-6,9-10,18,24H,7-8H2,1-2H3. The summed E-state index contributed by atoms with van der Waals surface area (Å²) in [5.74, 6) is 0.575. The third-order valence-electron chi connectivity index (χ3n) is 5.00. The number of benzene rings is 2. The predicted molar refractivity (Wildman–Crippen MR) is 110 cm³/mol. The van der Waals surface area contributed by atoms with E-state index in [0.717, 1.165) is 4.47 Å². The van der Waals surface area contributed by atoms with Gasteiger partial charge in [-0.1, -0.05) is 15.9 Å². The molecule has 1 aromatic heterocycles. The number of rotatable bonds is 5. The van der Waals surface area contributed by atoms with E-state index >= 15 is 0 Å². The number of aliphatic hydroxyl groups is 1. The zero-order chi connectivity index (χ0) is 20.7. The van der Waals surface area contributed by atoms with Gasteiger partial charge in [0, 0.05) is 16.6 Å². The minimum absolute atomic E-state index is 0.0202. The second-order valence-corrected chi connectivity index (χ2v) is 7.46. The largest absolute Gasteiger partial charge is 0.497 e. The van der Waals surface area contributed by atoms with Crippen molar-refractivity contribution < 1.29 is 23.8 Å². The van der Waals surface area contributed by atoms with Crippen LogP contribution in [0.15, 0.2) is 50.1 Å². The monoisotopic (exact) mass is 459 g/mol. The van der Waals surface area contributed by atoms with E-state index in [1.165, 1.54) is 19.1 Å². The lowest BCUT2D eigenvalue weighted by atomic mass is 9.97. The number of carbonyl (C=O) groups excluding carboxylic acids is 1. The number of carbonyl (C=O) groups is 1. The van der Waals surface area contributed by atoms with Gasteiger partial charge in [-0.05, 0) is 36.4 Å². The van der Waals surface area contributed by atoms with Gasteiger partial charge in [-0.3, -0.25) is 9.59 Å². The lowest BCUT2D eigenvalue weighted by molar-refractivity contribution is 0.0690. The number of methoxy groups -OCH3 is 2. The van der Waals surface area contributed by atoms with Crippen molar-refractivity contribution in [1.82, 2.24) is 4.90 Å². The molecule has 1 aliphatic rings. The van der Waals surface area contributed by atoms with Gasteiger partial charge < -0.3 is 23.9 Å². The van der Waals surface area contributed by atoms with Crippen LogP contribution in [0.4, 0.5) is 0 Å². The van der Waals surface area contributed by atoms with Gasteiger partial charge in [0.25, 0.3) is 5.91 Å². The van der Waals surface area contributed by atoms with E-state index < -0.39 is 11.9 Å². The third-order valence-corrected chi connectivity index (χ3v) is 5.49. The third kappa shape index (κ3) is 3.08. The van der Waals surface area contributed by atoms with Crippen molar-refractivity contribution in [3.05, 3.63) is 68.0 Å². The molecule has 2 aromatic carbocycles. The summed E-state index contributed by atoms with van der Waals surface area (Å²) in [7, 11) is 3.05. The molecule has 1 unspecified atom stereocenters. The lowest BCUT2D eigenvalue weighted by Gasteiger charge is -2.26. The fourth-order valence-electron chi connectivity index (χ4n) is 3.71. The Balaban J connectivity index is 2.04. The van der Waals surface area contributed by atoms with Crippen LogP contribution >= 0.6 is 15.9 Å². The van der Waals surface area contributed by atoms with Gasteiger partial charge in [0.1, 0.15) is 17.1 Å². The minimum atomic E-state index is -0.769. The number of hydrogen-bond donors (Lipinski definition) is 1. The van der Waals surface area contributed by atoms with E-state index in [9.17, 15) is 14.7 Å². The molecule has 1 N–H and O–H groups in total. The van der Waals surface area contributed by atoms with E-state index in [1.54, 1.807) is 36.4 Å². The molecule has 0 spiro atoms. The average molecular weight is 460 g/mol. The maximum atomic E-state index is 13.4. The molecular formula is C21H18BrNO6. The van der Waals surface area contributed by atoms with Crippen molar-refractivity contribution in [3.63, 3.8) is 0 Å². The molecule has 7 nitrogen and oxygen atoms in total. The van der Waals surface area contributed by atoms with Crippen molar-refractivity contribution in [2.75, 3.05) is 27.4 Å². The van der Waals surface area contributed by atoms with Crippen LogP contribution in [-0.2, 0) is 0 Å². The van der Waals surface area contributed by atoms with E-state index in [2.05, 4.69) is 15.9 Å². The molecular weight excluding hydrogens is 442 g/mol. The summed E-state index contributed by atoms with van der Waals surface area (Å²) >= 11 is 3.37. The first-order chi connectivity index (χ1) is 14.0. The summed E-state index contributed by atoms with van der Waals surface area (Å²) < 4.78 is 17.4. The smallest absolute Gasteiger partial charge is 0.290 e. The Kier molecular flexibility index (Phi) is 5.06. The fraction of sp³-hybridized carbons (Fsp3) is 0.238. The maximum absolute atomic E-state index is 13.4. The number of halogens is 1. The Bertz CT molecular complexity index is 1170. The summed E-state index contributed by atoms with van der Waals surface area (Å²) in [5, 5.41) is 9.91. The van der Waals surface area contributed by atoms with E-state index in [0.29, 0.717) is 28.0 Å². The van der Waals surface area contributed by atoms with Crippen LogP contribution in [0, 0.1) is 0 Å². The zero-order valence-corrected chi connectivity index (χ0v) is 17.4. The predicted octanol–water partition coefficient (Wildman–Crippen LogP) is 3.11. The molecule has 1 atom stereocenters. The average Bonchev–Trinajstić information content (AvgIpc) is 3.00. The number of hydrogen-bond acceptors (Lipinski definition) is 6. The SMILES string of the molecule is COc1ccc(OC)c(C2c3c(oc4ccc(Br)cc4c3=O)C(=O)N2CCO)c1. The molecule has 0 fully saturated rings. The molecule has 0 radical (unpaired) electrons. The number of amides is 1.